The molecule has 0 aromatic carbocycles. The highest BCUT2D eigenvalue weighted by Gasteiger charge is 2.35. The van der Waals surface area contributed by atoms with Crippen molar-refractivity contribution < 1.29 is 19.6 Å². The van der Waals surface area contributed by atoms with E-state index in [4.69, 9.17) is 19.6 Å². The predicted molar refractivity (Wildman–Crippen MR) is 51.2 cm³/mol. The third kappa shape index (κ3) is 2.92. The Hall–Kier alpha value is -0.160. The third-order valence-corrected chi connectivity index (χ3v) is 2.76. The highest BCUT2D eigenvalue weighted by Crippen LogP contribution is 2.28. The minimum absolute atomic E-state index is 0.278. The Morgan fingerprint density at radius 3 is 2.29 bits per heavy atom. The Morgan fingerprint density at radius 2 is 1.71 bits per heavy atom. The van der Waals surface area contributed by atoms with Crippen LogP contribution in [-0.2, 0) is 19.6 Å². The first-order valence-electron chi connectivity index (χ1n) is 5.21. The monoisotopic (exact) mass is 204 g/mol. The first-order chi connectivity index (χ1) is 6.54. The molecule has 1 fully saturated rings. The van der Waals surface area contributed by atoms with E-state index in [1.807, 2.05) is 13.8 Å². The second kappa shape index (κ2) is 4.57. The van der Waals surface area contributed by atoms with E-state index >= 15 is 0 Å². The van der Waals surface area contributed by atoms with Gasteiger partial charge in [-0.3, -0.25) is 0 Å². The quantitative estimate of drug-likeness (QED) is 0.648. The molecule has 0 spiro atoms. The van der Waals surface area contributed by atoms with E-state index in [0.29, 0.717) is 13.0 Å². The Balaban J connectivity index is 2.59. The molecule has 84 valence electrons. The first-order valence-corrected chi connectivity index (χ1v) is 5.21. The lowest BCUT2D eigenvalue weighted by Crippen LogP contribution is -2.41. The van der Waals surface area contributed by atoms with E-state index in [9.17, 15) is 0 Å². The minimum Gasteiger partial charge on any atom is -0.234 e. The standard InChI is InChI=1S/C10H20O4/c1-5-9(3)7-8-11-13-10(4,6-2)14-12-9/h5-8H2,1-4H3. The van der Waals surface area contributed by atoms with Crippen LogP contribution in [0.2, 0.25) is 0 Å². The lowest BCUT2D eigenvalue weighted by Gasteiger charge is -2.35. The summed E-state index contributed by atoms with van der Waals surface area (Å²) in [5.41, 5.74) is -0.278. The molecule has 2 unspecified atom stereocenters. The molecule has 4 nitrogen and oxygen atoms in total. The van der Waals surface area contributed by atoms with E-state index in [1.165, 1.54) is 0 Å². The molecular weight excluding hydrogens is 184 g/mol. The van der Waals surface area contributed by atoms with Crippen molar-refractivity contribution in [3.05, 3.63) is 0 Å². The summed E-state index contributed by atoms with van der Waals surface area (Å²) in [4.78, 5) is 20.9. The molecule has 4 heteroatoms. The summed E-state index contributed by atoms with van der Waals surface area (Å²) in [5, 5.41) is 0. The third-order valence-electron chi connectivity index (χ3n) is 2.76. The van der Waals surface area contributed by atoms with E-state index < -0.39 is 5.79 Å². The van der Waals surface area contributed by atoms with Crippen LogP contribution in [0.3, 0.4) is 0 Å². The molecule has 0 radical (unpaired) electrons. The molecule has 0 bridgehead atoms. The summed E-state index contributed by atoms with van der Waals surface area (Å²) < 4.78 is 0. The van der Waals surface area contributed by atoms with Crippen molar-refractivity contribution in [2.75, 3.05) is 6.61 Å². The highest BCUT2D eigenvalue weighted by molar-refractivity contribution is 4.72. The highest BCUT2D eigenvalue weighted by atomic mass is 17.3. The molecule has 0 aromatic rings. The fraction of sp³-hybridized carbons (Fsp3) is 1.00. The van der Waals surface area contributed by atoms with Crippen LogP contribution < -0.4 is 0 Å². The second-order valence-electron chi connectivity index (χ2n) is 4.11. The lowest BCUT2D eigenvalue weighted by molar-refractivity contribution is -0.541. The van der Waals surface area contributed by atoms with Gasteiger partial charge in [-0.15, -0.1) is 0 Å². The summed E-state index contributed by atoms with van der Waals surface area (Å²) in [7, 11) is 0. The SMILES string of the molecule is CCC1(C)CCOOC(C)(CC)OO1. The van der Waals surface area contributed by atoms with Crippen LogP contribution in [0.4, 0.5) is 0 Å². The molecule has 2 atom stereocenters. The minimum atomic E-state index is -0.795. The van der Waals surface area contributed by atoms with Crippen molar-refractivity contribution in [2.24, 2.45) is 0 Å². The maximum absolute atomic E-state index is 5.42. The molecule has 1 saturated heterocycles. The molecular formula is C10H20O4. The van der Waals surface area contributed by atoms with Crippen LogP contribution in [0.25, 0.3) is 0 Å². The van der Waals surface area contributed by atoms with Gasteiger partial charge in [-0.1, -0.05) is 13.8 Å². The summed E-state index contributed by atoms with van der Waals surface area (Å²) in [5.74, 6) is -0.795. The van der Waals surface area contributed by atoms with Gasteiger partial charge in [0.25, 0.3) is 0 Å². The fourth-order valence-corrected chi connectivity index (χ4v) is 1.02. The number of hydrogen-bond donors (Lipinski definition) is 0. The zero-order valence-electron chi connectivity index (χ0n) is 9.46. The molecule has 0 saturated carbocycles. The van der Waals surface area contributed by atoms with Crippen LogP contribution >= 0.6 is 0 Å². The van der Waals surface area contributed by atoms with Crippen LogP contribution in [-0.4, -0.2) is 18.0 Å². The van der Waals surface area contributed by atoms with Crippen molar-refractivity contribution in [1.29, 1.82) is 0 Å². The van der Waals surface area contributed by atoms with Crippen molar-refractivity contribution in [1.82, 2.24) is 0 Å². The lowest BCUT2D eigenvalue weighted by atomic mass is 10.00. The van der Waals surface area contributed by atoms with Gasteiger partial charge in [0.2, 0.25) is 5.79 Å². The molecule has 1 aliphatic heterocycles. The van der Waals surface area contributed by atoms with Gasteiger partial charge in [-0.05, 0) is 20.3 Å². The Bertz CT molecular complexity index is 165. The van der Waals surface area contributed by atoms with Gasteiger partial charge in [0.1, 0.15) is 5.60 Å². The second-order valence-corrected chi connectivity index (χ2v) is 4.11. The van der Waals surface area contributed by atoms with Crippen LogP contribution in [0.5, 0.6) is 0 Å². The van der Waals surface area contributed by atoms with Crippen molar-refractivity contribution in [2.45, 2.75) is 58.3 Å². The number of rotatable bonds is 2. The van der Waals surface area contributed by atoms with E-state index in [0.717, 1.165) is 12.8 Å². The Labute approximate surface area is 85.3 Å². The molecule has 0 aromatic heterocycles. The van der Waals surface area contributed by atoms with Gasteiger partial charge < -0.3 is 0 Å². The van der Waals surface area contributed by atoms with Gasteiger partial charge in [0, 0.05) is 12.8 Å². The Kier molecular flexibility index (Phi) is 3.89. The van der Waals surface area contributed by atoms with Crippen molar-refractivity contribution in [3.8, 4) is 0 Å². The molecule has 1 heterocycles. The smallest absolute Gasteiger partial charge is 0.231 e. The summed E-state index contributed by atoms with van der Waals surface area (Å²) >= 11 is 0. The summed E-state index contributed by atoms with van der Waals surface area (Å²) in [6.07, 6.45) is 2.33. The van der Waals surface area contributed by atoms with Crippen LogP contribution in [0, 0.1) is 0 Å². The molecule has 0 amide bonds. The normalized spacial score (nSPS) is 40.3. The zero-order valence-corrected chi connectivity index (χ0v) is 9.46. The largest absolute Gasteiger partial charge is 0.234 e. The van der Waals surface area contributed by atoms with Crippen LogP contribution in [0.15, 0.2) is 0 Å². The van der Waals surface area contributed by atoms with E-state index in [1.54, 1.807) is 6.92 Å². The summed E-state index contributed by atoms with van der Waals surface area (Å²) in [6.45, 7) is 8.36. The van der Waals surface area contributed by atoms with Gasteiger partial charge >= 0.3 is 0 Å². The topological polar surface area (TPSA) is 36.9 Å². The maximum atomic E-state index is 5.42. The molecule has 1 aliphatic rings. The molecule has 0 N–H and O–H groups in total. The van der Waals surface area contributed by atoms with Gasteiger partial charge in [-0.2, -0.15) is 9.78 Å². The average Bonchev–Trinajstić information content (AvgIpc) is 2.20. The van der Waals surface area contributed by atoms with Gasteiger partial charge in [0.15, 0.2) is 0 Å². The molecule has 14 heavy (non-hydrogen) atoms. The first kappa shape index (κ1) is 11.9. The summed E-state index contributed by atoms with van der Waals surface area (Å²) in [6, 6.07) is 0. The van der Waals surface area contributed by atoms with E-state index in [-0.39, 0.29) is 5.60 Å². The average molecular weight is 204 g/mol. The van der Waals surface area contributed by atoms with E-state index in [2.05, 4.69) is 6.92 Å². The number of hydrogen-bond acceptors (Lipinski definition) is 4. The maximum Gasteiger partial charge on any atom is 0.231 e. The van der Waals surface area contributed by atoms with Crippen LogP contribution in [0.1, 0.15) is 47.0 Å². The van der Waals surface area contributed by atoms with Crippen molar-refractivity contribution >= 4 is 0 Å². The Morgan fingerprint density at radius 1 is 1.00 bits per heavy atom. The fourth-order valence-electron chi connectivity index (χ4n) is 1.02. The molecule has 0 aliphatic carbocycles. The predicted octanol–water partition coefficient (Wildman–Crippen LogP) is 2.58. The van der Waals surface area contributed by atoms with Gasteiger partial charge in [0.05, 0.1) is 6.61 Å². The van der Waals surface area contributed by atoms with Gasteiger partial charge in [-0.25, -0.2) is 9.78 Å². The molecule has 1 rings (SSSR count). The zero-order chi connectivity index (χ0) is 10.7. The van der Waals surface area contributed by atoms with Crippen molar-refractivity contribution in [3.63, 3.8) is 0 Å².